The van der Waals surface area contributed by atoms with Crippen molar-refractivity contribution in [2.45, 2.75) is 26.8 Å². The Labute approximate surface area is 107 Å². The van der Waals surface area contributed by atoms with E-state index in [0.717, 1.165) is 27.7 Å². The number of carbonyl (C=O) groups excluding carboxylic acids is 1. The number of aromatic amines is 1. The molecule has 0 aliphatic rings. The molecule has 4 nitrogen and oxygen atoms in total. The maximum atomic E-state index is 12.2. The molecular formula is C14H19N3O. The summed E-state index contributed by atoms with van der Waals surface area (Å²) in [7, 11) is 0. The highest BCUT2D eigenvalue weighted by Gasteiger charge is 2.17. The molecule has 0 saturated heterocycles. The van der Waals surface area contributed by atoms with Crippen molar-refractivity contribution in [1.29, 1.82) is 0 Å². The largest absolute Gasteiger partial charge is 0.358 e. The average Bonchev–Trinajstić information content (AvgIpc) is 2.63. The molecule has 18 heavy (non-hydrogen) atoms. The predicted octanol–water partition coefficient (Wildman–Crippen LogP) is 1.86. The fourth-order valence-corrected chi connectivity index (χ4v) is 2.18. The minimum atomic E-state index is -0.0645. The van der Waals surface area contributed by atoms with Crippen LogP contribution in [-0.2, 0) is 0 Å². The summed E-state index contributed by atoms with van der Waals surface area (Å²) >= 11 is 0. The molecule has 0 aliphatic heterocycles. The van der Waals surface area contributed by atoms with Crippen LogP contribution in [0.3, 0.4) is 0 Å². The van der Waals surface area contributed by atoms with Crippen LogP contribution in [0.5, 0.6) is 0 Å². The van der Waals surface area contributed by atoms with Crippen molar-refractivity contribution in [2.24, 2.45) is 5.73 Å². The Hall–Kier alpha value is -1.81. The summed E-state index contributed by atoms with van der Waals surface area (Å²) in [5.74, 6) is -0.0645. The lowest BCUT2D eigenvalue weighted by molar-refractivity contribution is 0.0953. The van der Waals surface area contributed by atoms with Crippen LogP contribution >= 0.6 is 0 Å². The van der Waals surface area contributed by atoms with Crippen LogP contribution in [0.25, 0.3) is 10.9 Å². The van der Waals surface area contributed by atoms with E-state index in [0.29, 0.717) is 6.54 Å². The Morgan fingerprint density at radius 2 is 2.17 bits per heavy atom. The monoisotopic (exact) mass is 245 g/mol. The molecule has 1 unspecified atom stereocenters. The first-order valence-corrected chi connectivity index (χ1v) is 6.12. The van der Waals surface area contributed by atoms with E-state index in [1.54, 1.807) is 0 Å². The molecule has 4 N–H and O–H groups in total. The molecule has 1 amide bonds. The van der Waals surface area contributed by atoms with Gasteiger partial charge in [0.2, 0.25) is 0 Å². The molecular weight excluding hydrogens is 226 g/mol. The molecule has 0 fully saturated rings. The van der Waals surface area contributed by atoms with Crippen molar-refractivity contribution in [1.82, 2.24) is 10.3 Å². The maximum absolute atomic E-state index is 12.2. The van der Waals surface area contributed by atoms with E-state index in [1.165, 1.54) is 0 Å². The van der Waals surface area contributed by atoms with Gasteiger partial charge in [-0.15, -0.1) is 0 Å². The van der Waals surface area contributed by atoms with Gasteiger partial charge in [0.25, 0.3) is 5.91 Å². The van der Waals surface area contributed by atoms with Gasteiger partial charge in [-0.25, -0.2) is 0 Å². The van der Waals surface area contributed by atoms with E-state index in [-0.39, 0.29) is 11.9 Å². The number of H-pyrrole nitrogens is 1. The van der Waals surface area contributed by atoms with E-state index in [9.17, 15) is 4.79 Å². The molecule has 1 aromatic heterocycles. The quantitative estimate of drug-likeness (QED) is 0.772. The van der Waals surface area contributed by atoms with Crippen molar-refractivity contribution >= 4 is 16.8 Å². The van der Waals surface area contributed by atoms with Crippen LogP contribution in [0, 0.1) is 13.8 Å². The van der Waals surface area contributed by atoms with E-state index in [1.807, 2.05) is 39.0 Å². The second kappa shape index (κ2) is 4.82. The topological polar surface area (TPSA) is 70.9 Å². The van der Waals surface area contributed by atoms with Gasteiger partial charge in [0, 0.05) is 29.2 Å². The minimum Gasteiger partial charge on any atom is -0.358 e. The molecule has 4 heteroatoms. The van der Waals surface area contributed by atoms with E-state index < -0.39 is 0 Å². The molecule has 0 saturated carbocycles. The van der Waals surface area contributed by atoms with Crippen molar-refractivity contribution < 1.29 is 4.79 Å². The average molecular weight is 245 g/mol. The Bertz CT molecular complexity index is 584. The number of fused-ring (bicyclic) bond motifs is 1. The Kier molecular flexibility index (Phi) is 3.39. The van der Waals surface area contributed by atoms with E-state index >= 15 is 0 Å². The SMILES string of the molecule is Cc1[nH]c2cccc(C)c2c1C(=O)NCC(C)N. The second-order valence-corrected chi connectivity index (χ2v) is 4.81. The van der Waals surface area contributed by atoms with Gasteiger partial charge in [-0.3, -0.25) is 4.79 Å². The Morgan fingerprint density at radius 1 is 1.44 bits per heavy atom. The molecule has 96 valence electrons. The van der Waals surface area contributed by atoms with Gasteiger partial charge in [-0.2, -0.15) is 0 Å². The van der Waals surface area contributed by atoms with Gasteiger partial charge in [0.1, 0.15) is 0 Å². The smallest absolute Gasteiger partial charge is 0.253 e. The molecule has 0 aliphatic carbocycles. The summed E-state index contributed by atoms with van der Waals surface area (Å²) in [5.41, 5.74) is 9.37. The molecule has 1 atom stereocenters. The zero-order valence-electron chi connectivity index (χ0n) is 11.0. The number of nitrogens with one attached hydrogen (secondary N) is 2. The lowest BCUT2D eigenvalue weighted by atomic mass is 10.1. The van der Waals surface area contributed by atoms with E-state index in [2.05, 4.69) is 10.3 Å². The van der Waals surface area contributed by atoms with Gasteiger partial charge >= 0.3 is 0 Å². The van der Waals surface area contributed by atoms with Crippen molar-refractivity contribution in [3.05, 3.63) is 35.0 Å². The lowest BCUT2D eigenvalue weighted by Crippen LogP contribution is -2.35. The normalized spacial score (nSPS) is 12.7. The summed E-state index contributed by atoms with van der Waals surface area (Å²) in [4.78, 5) is 15.5. The van der Waals surface area contributed by atoms with Gasteiger partial charge in [0.05, 0.1) is 5.56 Å². The number of carbonyl (C=O) groups is 1. The molecule has 1 heterocycles. The number of amides is 1. The summed E-state index contributed by atoms with van der Waals surface area (Å²) < 4.78 is 0. The molecule has 0 spiro atoms. The first kappa shape index (κ1) is 12.6. The summed E-state index contributed by atoms with van der Waals surface area (Å²) in [6.07, 6.45) is 0. The Balaban J connectivity index is 2.43. The molecule has 0 bridgehead atoms. The number of hydrogen-bond acceptors (Lipinski definition) is 2. The predicted molar refractivity (Wildman–Crippen MR) is 73.8 cm³/mol. The second-order valence-electron chi connectivity index (χ2n) is 4.81. The molecule has 1 aromatic carbocycles. The zero-order chi connectivity index (χ0) is 13.3. The van der Waals surface area contributed by atoms with Crippen LogP contribution in [-0.4, -0.2) is 23.5 Å². The summed E-state index contributed by atoms with van der Waals surface area (Å²) in [6, 6.07) is 5.94. The third-order valence-electron chi connectivity index (χ3n) is 3.03. The standard InChI is InChI=1S/C14H19N3O/c1-8-5-4-6-11-12(8)13(10(3)17-11)14(18)16-7-9(2)15/h4-6,9,17H,7,15H2,1-3H3,(H,16,18). The fraction of sp³-hybridized carbons (Fsp3) is 0.357. The highest BCUT2D eigenvalue weighted by molar-refractivity contribution is 6.09. The number of benzene rings is 1. The maximum Gasteiger partial charge on any atom is 0.253 e. The highest BCUT2D eigenvalue weighted by atomic mass is 16.1. The van der Waals surface area contributed by atoms with Crippen LogP contribution in [0.1, 0.15) is 28.5 Å². The number of aryl methyl sites for hydroxylation is 2. The number of nitrogens with two attached hydrogens (primary N) is 1. The Morgan fingerprint density at radius 3 is 2.83 bits per heavy atom. The number of hydrogen-bond donors (Lipinski definition) is 3. The van der Waals surface area contributed by atoms with Crippen LogP contribution in [0.4, 0.5) is 0 Å². The number of aromatic nitrogens is 1. The molecule has 0 radical (unpaired) electrons. The van der Waals surface area contributed by atoms with Crippen LogP contribution in [0.15, 0.2) is 18.2 Å². The van der Waals surface area contributed by atoms with Gasteiger partial charge in [-0.1, -0.05) is 12.1 Å². The highest BCUT2D eigenvalue weighted by Crippen LogP contribution is 2.25. The van der Waals surface area contributed by atoms with Crippen LogP contribution in [0.2, 0.25) is 0 Å². The first-order valence-electron chi connectivity index (χ1n) is 6.12. The van der Waals surface area contributed by atoms with Crippen molar-refractivity contribution in [3.8, 4) is 0 Å². The van der Waals surface area contributed by atoms with Gasteiger partial charge in [-0.05, 0) is 32.4 Å². The molecule has 2 aromatic rings. The first-order chi connectivity index (χ1) is 8.50. The lowest BCUT2D eigenvalue weighted by Gasteiger charge is -2.08. The third-order valence-corrected chi connectivity index (χ3v) is 3.03. The number of rotatable bonds is 3. The molecule has 2 rings (SSSR count). The fourth-order valence-electron chi connectivity index (χ4n) is 2.18. The van der Waals surface area contributed by atoms with Gasteiger partial charge < -0.3 is 16.0 Å². The summed E-state index contributed by atoms with van der Waals surface area (Å²) in [6.45, 7) is 6.28. The zero-order valence-corrected chi connectivity index (χ0v) is 11.0. The summed E-state index contributed by atoms with van der Waals surface area (Å²) in [5, 5.41) is 3.86. The van der Waals surface area contributed by atoms with Gasteiger partial charge in [0.15, 0.2) is 0 Å². The van der Waals surface area contributed by atoms with Crippen molar-refractivity contribution in [3.63, 3.8) is 0 Å². The van der Waals surface area contributed by atoms with Crippen LogP contribution < -0.4 is 11.1 Å². The third kappa shape index (κ3) is 2.24. The van der Waals surface area contributed by atoms with Crippen molar-refractivity contribution in [2.75, 3.05) is 6.54 Å². The van der Waals surface area contributed by atoms with E-state index in [4.69, 9.17) is 5.73 Å². The minimum absolute atomic E-state index is 0.0411.